The highest BCUT2D eigenvalue weighted by Gasteiger charge is 2.44. The van der Waals surface area contributed by atoms with Gasteiger partial charge in [0.15, 0.2) is 0 Å². The van der Waals surface area contributed by atoms with E-state index >= 15 is 0 Å². The summed E-state index contributed by atoms with van der Waals surface area (Å²) in [5, 5.41) is 0.563. The number of likely N-dealkylation sites (N-methyl/N-ethyl adjacent to an activating group) is 1. The molecule has 1 saturated heterocycles. The SMILES string of the molecule is CN1C(=O)N(c2ccc(Cl)c(Cl)c2)C(=O)C1c1ccc(OC(=O)c2ccco2)cc1. The first-order valence-corrected chi connectivity index (χ1v) is 9.54. The summed E-state index contributed by atoms with van der Waals surface area (Å²) in [5.74, 6) is -0.711. The lowest BCUT2D eigenvalue weighted by Crippen LogP contribution is -2.31. The van der Waals surface area contributed by atoms with E-state index < -0.39 is 23.9 Å². The van der Waals surface area contributed by atoms with Crippen molar-refractivity contribution in [3.05, 3.63) is 82.2 Å². The number of furan rings is 1. The standard InChI is InChI=1S/C21H14Cl2N2O5/c1-24-18(19(26)25(21(24)28)13-6-9-15(22)16(23)11-13)12-4-7-14(8-5-12)30-20(27)17-3-2-10-29-17/h2-11,18H,1H3. The Kier molecular flexibility index (Phi) is 5.24. The number of imide groups is 1. The molecule has 2 heterocycles. The molecule has 1 atom stereocenters. The van der Waals surface area contributed by atoms with Crippen molar-refractivity contribution in [1.82, 2.24) is 4.90 Å². The van der Waals surface area contributed by atoms with Gasteiger partial charge in [0.1, 0.15) is 11.8 Å². The summed E-state index contributed by atoms with van der Waals surface area (Å²) in [7, 11) is 1.53. The fourth-order valence-electron chi connectivity index (χ4n) is 3.15. The van der Waals surface area contributed by atoms with Crippen molar-refractivity contribution in [3.8, 4) is 5.75 Å². The van der Waals surface area contributed by atoms with Gasteiger partial charge in [-0.3, -0.25) is 4.79 Å². The van der Waals surface area contributed by atoms with Gasteiger partial charge in [0.05, 0.1) is 22.0 Å². The van der Waals surface area contributed by atoms with E-state index in [9.17, 15) is 14.4 Å². The van der Waals surface area contributed by atoms with Crippen LogP contribution in [-0.4, -0.2) is 29.9 Å². The zero-order chi connectivity index (χ0) is 21.4. The lowest BCUT2D eigenvalue weighted by molar-refractivity contribution is -0.119. The number of urea groups is 1. The van der Waals surface area contributed by atoms with E-state index in [0.29, 0.717) is 16.3 Å². The van der Waals surface area contributed by atoms with E-state index in [1.807, 2.05) is 0 Å². The first-order valence-electron chi connectivity index (χ1n) is 8.78. The Morgan fingerprint density at radius 2 is 1.77 bits per heavy atom. The fourth-order valence-corrected chi connectivity index (χ4v) is 3.44. The molecule has 3 amide bonds. The number of carbonyl (C=O) groups is 3. The molecule has 7 nitrogen and oxygen atoms in total. The van der Waals surface area contributed by atoms with E-state index in [4.69, 9.17) is 32.4 Å². The summed E-state index contributed by atoms with van der Waals surface area (Å²) in [5.41, 5.74) is 0.897. The molecule has 0 bridgehead atoms. The maximum Gasteiger partial charge on any atom is 0.379 e. The van der Waals surface area contributed by atoms with Crippen LogP contribution in [0.3, 0.4) is 0 Å². The molecule has 0 saturated carbocycles. The number of amides is 3. The van der Waals surface area contributed by atoms with E-state index in [-0.39, 0.29) is 16.5 Å². The molecule has 1 aliphatic heterocycles. The van der Waals surface area contributed by atoms with Crippen LogP contribution in [0.25, 0.3) is 0 Å². The second-order valence-corrected chi connectivity index (χ2v) is 7.32. The van der Waals surface area contributed by atoms with Gasteiger partial charge in [-0.1, -0.05) is 35.3 Å². The normalized spacial score (nSPS) is 16.3. The Labute approximate surface area is 181 Å². The van der Waals surface area contributed by atoms with Crippen molar-refractivity contribution in [2.75, 3.05) is 11.9 Å². The molecule has 152 valence electrons. The molecule has 1 aliphatic rings. The molecule has 30 heavy (non-hydrogen) atoms. The molecular formula is C21H14Cl2N2O5. The number of halogens is 2. The highest BCUT2D eigenvalue weighted by atomic mass is 35.5. The number of carbonyl (C=O) groups excluding carboxylic acids is 3. The van der Waals surface area contributed by atoms with Gasteiger partial charge in [0, 0.05) is 7.05 Å². The monoisotopic (exact) mass is 444 g/mol. The topological polar surface area (TPSA) is 80.1 Å². The third kappa shape index (κ3) is 3.53. The molecule has 1 aromatic heterocycles. The average Bonchev–Trinajstić information content (AvgIpc) is 3.33. The van der Waals surface area contributed by atoms with Crippen LogP contribution < -0.4 is 9.64 Å². The first kappa shape index (κ1) is 20.0. The number of anilines is 1. The molecule has 9 heteroatoms. The van der Waals surface area contributed by atoms with Crippen LogP contribution in [-0.2, 0) is 4.79 Å². The molecule has 0 aliphatic carbocycles. The molecule has 0 N–H and O–H groups in total. The zero-order valence-corrected chi connectivity index (χ0v) is 17.1. The minimum atomic E-state index is -0.832. The summed E-state index contributed by atoms with van der Waals surface area (Å²) in [6.07, 6.45) is 1.37. The molecule has 1 fully saturated rings. The highest BCUT2D eigenvalue weighted by molar-refractivity contribution is 6.42. The van der Waals surface area contributed by atoms with Crippen LogP contribution in [0.1, 0.15) is 22.2 Å². The van der Waals surface area contributed by atoms with Crippen molar-refractivity contribution < 1.29 is 23.5 Å². The van der Waals surface area contributed by atoms with Gasteiger partial charge >= 0.3 is 12.0 Å². The van der Waals surface area contributed by atoms with Crippen molar-refractivity contribution in [2.24, 2.45) is 0 Å². The van der Waals surface area contributed by atoms with Crippen LogP contribution in [0.4, 0.5) is 10.5 Å². The molecule has 2 aromatic carbocycles. The summed E-state index contributed by atoms with van der Waals surface area (Å²) >= 11 is 12.0. The van der Waals surface area contributed by atoms with E-state index in [1.165, 1.54) is 36.4 Å². The van der Waals surface area contributed by atoms with Crippen LogP contribution in [0.2, 0.25) is 10.0 Å². The van der Waals surface area contributed by atoms with Gasteiger partial charge in [-0.15, -0.1) is 0 Å². The van der Waals surface area contributed by atoms with Gasteiger partial charge in [-0.2, -0.15) is 0 Å². The molecule has 3 aromatic rings. The van der Waals surface area contributed by atoms with Gasteiger partial charge in [-0.05, 0) is 48.0 Å². The lowest BCUT2D eigenvalue weighted by Gasteiger charge is -2.16. The largest absolute Gasteiger partial charge is 0.457 e. The number of rotatable bonds is 4. The van der Waals surface area contributed by atoms with Crippen molar-refractivity contribution >= 4 is 46.8 Å². The predicted octanol–water partition coefficient (Wildman–Crippen LogP) is 4.95. The molecule has 0 spiro atoms. The number of benzene rings is 2. The van der Waals surface area contributed by atoms with E-state index in [2.05, 4.69) is 0 Å². The van der Waals surface area contributed by atoms with Gasteiger partial charge < -0.3 is 14.1 Å². The number of hydrogen-bond donors (Lipinski definition) is 0. The van der Waals surface area contributed by atoms with Gasteiger partial charge in [0.2, 0.25) is 5.76 Å². The van der Waals surface area contributed by atoms with Crippen molar-refractivity contribution in [2.45, 2.75) is 6.04 Å². The summed E-state index contributed by atoms with van der Waals surface area (Å²) < 4.78 is 10.2. The maximum atomic E-state index is 13.0. The number of hydrogen-bond acceptors (Lipinski definition) is 5. The smallest absolute Gasteiger partial charge is 0.379 e. The minimum absolute atomic E-state index is 0.0765. The van der Waals surface area contributed by atoms with E-state index in [0.717, 1.165) is 4.90 Å². The third-order valence-corrected chi connectivity index (χ3v) is 5.36. The highest BCUT2D eigenvalue weighted by Crippen LogP contribution is 2.36. The van der Waals surface area contributed by atoms with Crippen LogP contribution in [0, 0.1) is 0 Å². The first-order chi connectivity index (χ1) is 14.4. The second-order valence-electron chi connectivity index (χ2n) is 6.50. The fraction of sp³-hybridized carbons (Fsp3) is 0.0952. The Morgan fingerprint density at radius 3 is 2.40 bits per heavy atom. The minimum Gasteiger partial charge on any atom is -0.457 e. The van der Waals surface area contributed by atoms with Gasteiger partial charge in [-0.25, -0.2) is 14.5 Å². The molecular weight excluding hydrogens is 431 g/mol. The van der Waals surface area contributed by atoms with Crippen LogP contribution in [0.5, 0.6) is 5.75 Å². The summed E-state index contributed by atoms with van der Waals surface area (Å²) in [6.45, 7) is 0. The quantitative estimate of drug-likeness (QED) is 0.323. The molecule has 0 radical (unpaired) electrons. The maximum absolute atomic E-state index is 13.0. The summed E-state index contributed by atoms with van der Waals surface area (Å²) in [4.78, 5) is 40.1. The third-order valence-electron chi connectivity index (χ3n) is 4.62. The second kappa shape index (κ2) is 7.85. The van der Waals surface area contributed by atoms with Crippen LogP contribution in [0.15, 0.2) is 65.3 Å². The number of ether oxygens (including phenoxy) is 1. The van der Waals surface area contributed by atoms with Crippen molar-refractivity contribution in [1.29, 1.82) is 0 Å². The van der Waals surface area contributed by atoms with Crippen LogP contribution >= 0.6 is 23.2 Å². The Morgan fingerprint density at radius 1 is 1.03 bits per heavy atom. The van der Waals surface area contributed by atoms with Crippen molar-refractivity contribution in [3.63, 3.8) is 0 Å². The number of esters is 1. The van der Waals surface area contributed by atoms with Gasteiger partial charge in [0.25, 0.3) is 5.91 Å². The number of nitrogens with zero attached hydrogens (tertiary/aromatic N) is 2. The molecule has 4 rings (SSSR count). The molecule has 1 unspecified atom stereocenters. The predicted molar refractivity (Wildman–Crippen MR) is 110 cm³/mol. The Bertz CT molecular complexity index is 1130. The zero-order valence-electron chi connectivity index (χ0n) is 15.5. The Balaban J connectivity index is 1.56. The van der Waals surface area contributed by atoms with E-state index in [1.54, 1.807) is 36.4 Å². The average molecular weight is 445 g/mol. The summed E-state index contributed by atoms with van der Waals surface area (Å²) in [6, 6.07) is 12.6. The Hall–Kier alpha value is -3.29. The lowest BCUT2D eigenvalue weighted by atomic mass is 10.1.